The Balaban J connectivity index is 1.58. The van der Waals surface area contributed by atoms with Crippen LogP contribution in [0, 0.1) is 19.8 Å². The quantitative estimate of drug-likeness (QED) is 0.583. The molecule has 0 bridgehead atoms. The van der Waals surface area contributed by atoms with Crippen molar-refractivity contribution in [2.75, 3.05) is 26.0 Å². The molecule has 0 spiro atoms. The number of esters is 1. The zero-order valence-corrected chi connectivity index (χ0v) is 16.8. The largest absolute Gasteiger partial charge is 0.469 e. The third kappa shape index (κ3) is 4.53. The molecule has 2 heterocycles. The lowest BCUT2D eigenvalue weighted by molar-refractivity contribution is -0.148. The highest BCUT2D eigenvalue weighted by atomic mass is 32.2. The van der Waals surface area contributed by atoms with Crippen molar-refractivity contribution in [3.05, 3.63) is 41.7 Å². The predicted octanol–water partition coefficient (Wildman–Crippen LogP) is 2.99. The van der Waals surface area contributed by atoms with Gasteiger partial charge in [-0.05, 0) is 49.9 Å². The average molecular weight is 388 g/mol. The smallest absolute Gasteiger partial charge is 0.308 e. The Hall–Kier alpha value is -2.28. The topological polar surface area (TPSA) is 64.4 Å². The van der Waals surface area contributed by atoms with Gasteiger partial charge >= 0.3 is 5.97 Å². The first-order valence-corrected chi connectivity index (χ1v) is 10.1. The third-order valence-corrected chi connectivity index (χ3v) is 6.03. The molecule has 1 aromatic heterocycles. The number of hydrogen-bond donors (Lipinski definition) is 0. The Labute approximate surface area is 163 Å². The zero-order chi connectivity index (χ0) is 19.4. The number of amides is 1. The minimum absolute atomic E-state index is 0.0814. The first-order valence-electron chi connectivity index (χ1n) is 9.09. The van der Waals surface area contributed by atoms with Gasteiger partial charge in [-0.3, -0.25) is 14.2 Å². The van der Waals surface area contributed by atoms with Crippen molar-refractivity contribution < 1.29 is 14.3 Å². The highest BCUT2D eigenvalue weighted by molar-refractivity contribution is 7.99. The first kappa shape index (κ1) is 19.5. The number of thioether (sulfide) groups is 1. The summed E-state index contributed by atoms with van der Waals surface area (Å²) in [7, 11) is 1.41. The number of aryl methyl sites for hydroxylation is 2. The monoisotopic (exact) mass is 387 g/mol. The van der Waals surface area contributed by atoms with Crippen LogP contribution in [-0.2, 0) is 14.3 Å². The summed E-state index contributed by atoms with van der Waals surface area (Å²) < 4.78 is 6.80. The molecule has 1 aromatic carbocycles. The number of methoxy groups -OCH3 is 1. The van der Waals surface area contributed by atoms with Crippen molar-refractivity contribution in [1.82, 2.24) is 14.5 Å². The lowest BCUT2D eigenvalue weighted by atomic mass is 9.97. The van der Waals surface area contributed by atoms with Gasteiger partial charge in [0.25, 0.3) is 0 Å². The standard InChI is InChI=1S/C20H25N3O3S/c1-14-4-5-17(12-15(14)2)23-11-8-21-20(23)27-13-18(24)22-9-6-16(7-10-22)19(25)26-3/h4-5,8,11-12,16H,6-7,9-10,13H2,1-3H3. The fraction of sp³-hybridized carbons (Fsp3) is 0.450. The summed E-state index contributed by atoms with van der Waals surface area (Å²) in [5, 5.41) is 0.802. The van der Waals surface area contributed by atoms with Gasteiger partial charge in [-0.1, -0.05) is 17.8 Å². The van der Waals surface area contributed by atoms with Crippen LogP contribution < -0.4 is 0 Å². The number of ether oxygens (including phenoxy) is 1. The van der Waals surface area contributed by atoms with Gasteiger partial charge < -0.3 is 9.64 Å². The molecular weight excluding hydrogens is 362 g/mol. The van der Waals surface area contributed by atoms with Crippen molar-refractivity contribution in [2.24, 2.45) is 5.92 Å². The molecule has 1 aliphatic rings. The minimum atomic E-state index is -0.174. The number of carbonyl (C=O) groups is 2. The van der Waals surface area contributed by atoms with Gasteiger partial charge in [-0.25, -0.2) is 4.98 Å². The highest BCUT2D eigenvalue weighted by Crippen LogP contribution is 2.24. The number of likely N-dealkylation sites (tertiary alicyclic amines) is 1. The Kier molecular flexibility index (Phi) is 6.21. The second kappa shape index (κ2) is 8.61. The van der Waals surface area contributed by atoms with E-state index in [0.717, 1.165) is 10.8 Å². The minimum Gasteiger partial charge on any atom is -0.469 e. The van der Waals surface area contributed by atoms with Crippen LogP contribution in [0.2, 0.25) is 0 Å². The molecule has 3 rings (SSSR count). The van der Waals surface area contributed by atoms with Crippen LogP contribution in [0.25, 0.3) is 5.69 Å². The number of piperidine rings is 1. The van der Waals surface area contributed by atoms with E-state index in [2.05, 4.69) is 37.0 Å². The molecule has 0 saturated carbocycles. The molecular formula is C20H25N3O3S. The van der Waals surface area contributed by atoms with E-state index in [9.17, 15) is 9.59 Å². The fourth-order valence-electron chi connectivity index (χ4n) is 3.22. The maximum Gasteiger partial charge on any atom is 0.308 e. The van der Waals surface area contributed by atoms with Crippen LogP contribution in [0.5, 0.6) is 0 Å². The van der Waals surface area contributed by atoms with Gasteiger partial charge in [0.2, 0.25) is 5.91 Å². The van der Waals surface area contributed by atoms with Gasteiger partial charge in [0.05, 0.1) is 18.8 Å². The lowest BCUT2D eigenvalue weighted by Crippen LogP contribution is -2.41. The molecule has 1 fully saturated rings. The SMILES string of the molecule is COC(=O)C1CCN(C(=O)CSc2nccn2-c2ccc(C)c(C)c2)CC1. The number of benzene rings is 1. The molecule has 0 atom stereocenters. The number of hydrogen-bond acceptors (Lipinski definition) is 5. The maximum atomic E-state index is 12.5. The molecule has 0 unspecified atom stereocenters. The molecule has 6 nitrogen and oxygen atoms in total. The van der Waals surface area contributed by atoms with E-state index in [1.165, 1.54) is 30.0 Å². The van der Waals surface area contributed by atoms with Crippen LogP contribution >= 0.6 is 11.8 Å². The highest BCUT2D eigenvalue weighted by Gasteiger charge is 2.27. The van der Waals surface area contributed by atoms with Gasteiger partial charge in [0, 0.05) is 31.2 Å². The molecule has 1 saturated heterocycles. The first-order chi connectivity index (χ1) is 13.0. The summed E-state index contributed by atoms with van der Waals surface area (Å²) in [6.07, 6.45) is 5.00. The van der Waals surface area contributed by atoms with Crippen LogP contribution in [-0.4, -0.2) is 52.3 Å². The van der Waals surface area contributed by atoms with Crippen LogP contribution in [0.4, 0.5) is 0 Å². The van der Waals surface area contributed by atoms with E-state index < -0.39 is 0 Å². The van der Waals surface area contributed by atoms with Crippen molar-refractivity contribution in [1.29, 1.82) is 0 Å². The summed E-state index contributed by atoms with van der Waals surface area (Å²) in [5.74, 6) is 0.158. The Morgan fingerprint density at radius 2 is 1.96 bits per heavy atom. The van der Waals surface area contributed by atoms with Gasteiger partial charge in [-0.2, -0.15) is 0 Å². The third-order valence-electron chi connectivity index (χ3n) is 5.08. The van der Waals surface area contributed by atoms with E-state index in [4.69, 9.17) is 4.74 Å². The number of carbonyl (C=O) groups excluding carboxylic acids is 2. The molecule has 1 amide bonds. The molecule has 27 heavy (non-hydrogen) atoms. The van der Waals surface area contributed by atoms with Crippen molar-refractivity contribution in [3.8, 4) is 5.69 Å². The Bertz CT molecular complexity index is 826. The summed E-state index contributed by atoms with van der Waals surface area (Å²) in [6.45, 7) is 5.38. The second-order valence-corrected chi connectivity index (χ2v) is 7.76. The molecule has 0 aliphatic carbocycles. The number of imidazole rings is 1. The van der Waals surface area contributed by atoms with Crippen LogP contribution in [0.3, 0.4) is 0 Å². The number of rotatable bonds is 5. The Morgan fingerprint density at radius 1 is 1.22 bits per heavy atom. The van der Waals surface area contributed by atoms with Crippen molar-refractivity contribution >= 4 is 23.6 Å². The molecule has 0 N–H and O–H groups in total. The second-order valence-electron chi connectivity index (χ2n) is 6.82. The predicted molar refractivity (Wildman–Crippen MR) is 105 cm³/mol. The van der Waals surface area contributed by atoms with E-state index >= 15 is 0 Å². The Morgan fingerprint density at radius 3 is 2.63 bits per heavy atom. The summed E-state index contributed by atoms with van der Waals surface area (Å²) in [4.78, 5) is 30.4. The van der Waals surface area contributed by atoms with Gasteiger partial charge in [0.1, 0.15) is 0 Å². The zero-order valence-electron chi connectivity index (χ0n) is 16.0. The normalized spacial score (nSPS) is 15.0. The molecule has 2 aromatic rings. The summed E-state index contributed by atoms with van der Waals surface area (Å²) >= 11 is 1.44. The van der Waals surface area contributed by atoms with Crippen LogP contribution in [0.15, 0.2) is 35.7 Å². The molecule has 0 radical (unpaired) electrons. The summed E-state index contributed by atoms with van der Waals surface area (Å²) in [5.41, 5.74) is 3.52. The van der Waals surface area contributed by atoms with Gasteiger partial charge in [-0.15, -0.1) is 0 Å². The summed E-state index contributed by atoms with van der Waals surface area (Å²) in [6, 6.07) is 6.28. The number of nitrogens with zero attached hydrogens (tertiary/aromatic N) is 3. The maximum absolute atomic E-state index is 12.5. The van der Waals surface area contributed by atoms with Gasteiger partial charge in [0.15, 0.2) is 5.16 Å². The average Bonchev–Trinajstić information content (AvgIpc) is 3.16. The van der Waals surface area contributed by atoms with E-state index in [-0.39, 0.29) is 17.8 Å². The molecule has 144 valence electrons. The van der Waals surface area contributed by atoms with E-state index in [0.29, 0.717) is 31.7 Å². The lowest BCUT2D eigenvalue weighted by Gasteiger charge is -2.30. The van der Waals surface area contributed by atoms with E-state index in [1.54, 1.807) is 6.20 Å². The van der Waals surface area contributed by atoms with Crippen molar-refractivity contribution in [2.45, 2.75) is 31.8 Å². The molecule has 1 aliphatic heterocycles. The molecule has 7 heteroatoms. The fourth-order valence-corrected chi connectivity index (χ4v) is 4.09. The van der Waals surface area contributed by atoms with Crippen LogP contribution in [0.1, 0.15) is 24.0 Å². The van der Waals surface area contributed by atoms with E-state index in [1.807, 2.05) is 15.7 Å². The number of aromatic nitrogens is 2. The van der Waals surface area contributed by atoms with Crippen molar-refractivity contribution in [3.63, 3.8) is 0 Å².